The summed E-state index contributed by atoms with van der Waals surface area (Å²) < 4.78 is 6.11. The first-order chi connectivity index (χ1) is 15.2. The molecule has 1 aromatic rings. The van der Waals surface area contributed by atoms with Gasteiger partial charge in [0.15, 0.2) is 0 Å². The number of hydrogen-bond acceptors (Lipinski definition) is 5. The van der Waals surface area contributed by atoms with Crippen LogP contribution in [0.4, 0.5) is 0 Å². The van der Waals surface area contributed by atoms with Gasteiger partial charge in [-0.25, -0.2) is 5.48 Å². The topological polar surface area (TPSA) is 87.7 Å². The van der Waals surface area contributed by atoms with Gasteiger partial charge in [0, 0.05) is 13.0 Å². The number of carbonyl (C=O) groups excluding carboxylic acids is 2. The first-order valence-electron chi connectivity index (χ1n) is 12.1. The SMILES string of the molecule is CC(C)C[C@@H](NCc1ccc(CCC(=O)NO)cc1)C(=O)O[C@@H]1C[C@H](C)CC[C@H]1C(C)C. The van der Waals surface area contributed by atoms with Crippen molar-refractivity contribution in [3.8, 4) is 0 Å². The van der Waals surface area contributed by atoms with E-state index >= 15 is 0 Å². The summed E-state index contributed by atoms with van der Waals surface area (Å²) in [4.78, 5) is 24.3. The van der Waals surface area contributed by atoms with Crippen molar-refractivity contribution >= 4 is 11.9 Å². The van der Waals surface area contributed by atoms with E-state index in [4.69, 9.17) is 9.94 Å². The minimum atomic E-state index is -0.391. The van der Waals surface area contributed by atoms with Gasteiger partial charge in [0.1, 0.15) is 12.1 Å². The number of carbonyl (C=O) groups is 2. The van der Waals surface area contributed by atoms with Crippen LogP contribution in [0.15, 0.2) is 24.3 Å². The van der Waals surface area contributed by atoms with Crippen LogP contribution in [0.5, 0.6) is 0 Å². The van der Waals surface area contributed by atoms with Crippen molar-refractivity contribution in [1.29, 1.82) is 0 Å². The minimum Gasteiger partial charge on any atom is -0.461 e. The number of ether oxygens (including phenoxy) is 1. The molecule has 1 aliphatic carbocycles. The van der Waals surface area contributed by atoms with Crippen molar-refractivity contribution < 1.29 is 19.5 Å². The lowest BCUT2D eigenvalue weighted by Gasteiger charge is -2.37. The highest BCUT2D eigenvalue weighted by atomic mass is 16.5. The Balaban J connectivity index is 1.95. The maximum absolute atomic E-state index is 13.1. The molecule has 3 N–H and O–H groups in total. The van der Waals surface area contributed by atoms with Gasteiger partial charge in [-0.2, -0.15) is 0 Å². The third-order valence-electron chi connectivity index (χ3n) is 6.56. The zero-order valence-corrected chi connectivity index (χ0v) is 20.4. The summed E-state index contributed by atoms with van der Waals surface area (Å²) in [5.74, 6) is 1.41. The van der Waals surface area contributed by atoms with Crippen LogP contribution >= 0.6 is 0 Å². The summed E-state index contributed by atoms with van der Waals surface area (Å²) in [6, 6.07) is 7.65. The van der Waals surface area contributed by atoms with E-state index < -0.39 is 5.91 Å². The Morgan fingerprint density at radius 1 is 1.09 bits per heavy atom. The van der Waals surface area contributed by atoms with Gasteiger partial charge in [-0.1, -0.05) is 65.3 Å². The summed E-state index contributed by atoms with van der Waals surface area (Å²) in [6.07, 6.45) is 4.86. The maximum Gasteiger partial charge on any atom is 0.323 e. The van der Waals surface area contributed by atoms with Crippen molar-refractivity contribution in [2.45, 2.75) is 91.8 Å². The Morgan fingerprint density at radius 2 is 1.75 bits per heavy atom. The molecule has 0 bridgehead atoms. The van der Waals surface area contributed by atoms with E-state index in [0.717, 1.165) is 30.4 Å². The second-order valence-corrected chi connectivity index (χ2v) is 10.2. The number of amides is 1. The molecular formula is C26H42N2O4. The van der Waals surface area contributed by atoms with Crippen LogP contribution in [0, 0.1) is 23.7 Å². The lowest BCUT2D eigenvalue weighted by atomic mass is 9.75. The standard InChI is InChI=1S/C26H42N2O4/c1-17(2)14-23(26(30)32-24-15-19(5)6-12-22(24)18(3)4)27-16-21-9-7-20(8-10-21)11-13-25(29)28-31/h7-10,17-19,22-24,27,31H,6,11-16H2,1-5H3,(H,28,29)/t19-,22+,23-,24-/m1/s1. The molecule has 1 aromatic carbocycles. The zero-order valence-electron chi connectivity index (χ0n) is 20.4. The number of rotatable bonds is 11. The first kappa shape index (κ1) is 26.3. The lowest BCUT2D eigenvalue weighted by molar-refractivity contribution is -0.159. The largest absolute Gasteiger partial charge is 0.461 e. The van der Waals surface area contributed by atoms with Crippen LogP contribution < -0.4 is 10.8 Å². The summed E-state index contributed by atoms with van der Waals surface area (Å²) in [6.45, 7) is 11.5. The Morgan fingerprint density at radius 3 is 2.34 bits per heavy atom. The Kier molecular flexibility index (Phi) is 10.7. The molecule has 0 saturated heterocycles. The molecule has 0 unspecified atom stereocenters. The third kappa shape index (κ3) is 8.55. The van der Waals surface area contributed by atoms with Crippen LogP contribution in [0.25, 0.3) is 0 Å². The summed E-state index contributed by atoms with van der Waals surface area (Å²) >= 11 is 0. The highest BCUT2D eigenvalue weighted by Crippen LogP contribution is 2.35. The number of aryl methyl sites for hydroxylation is 1. The van der Waals surface area contributed by atoms with Crippen molar-refractivity contribution in [3.05, 3.63) is 35.4 Å². The molecule has 0 spiro atoms. The second kappa shape index (κ2) is 12.9. The molecule has 1 amide bonds. The normalized spacial score (nSPS) is 22.1. The van der Waals surface area contributed by atoms with Crippen LogP contribution in [0.2, 0.25) is 0 Å². The molecule has 1 fully saturated rings. The lowest BCUT2D eigenvalue weighted by Crippen LogP contribution is -2.43. The Hall–Kier alpha value is -1.92. The predicted molar refractivity (Wildman–Crippen MR) is 126 cm³/mol. The van der Waals surface area contributed by atoms with Gasteiger partial charge in [-0.3, -0.25) is 14.8 Å². The average Bonchev–Trinajstić information content (AvgIpc) is 2.75. The molecule has 32 heavy (non-hydrogen) atoms. The van der Waals surface area contributed by atoms with Crippen LogP contribution in [0.1, 0.15) is 77.8 Å². The van der Waals surface area contributed by atoms with Gasteiger partial charge < -0.3 is 10.1 Å². The average molecular weight is 447 g/mol. The molecule has 6 nitrogen and oxygen atoms in total. The van der Waals surface area contributed by atoms with Crippen molar-refractivity contribution in [2.24, 2.45) is 23.7 Å². The maximum atomic E-state index is 13.1. The monoisotopic (exact) mass is 446 g/mol. The molecule has 1 saturated carbocycles. The van der Waals surface area contributed by atoms with Gasteiger partial charge in [0.2, 0.25) is 5.91 Å². The Bertz CT molecular complexity index is 717. The fourth-order valence-corrected chi connectivity index (χ4v) is 4.59. The summed E-state index contributed by atoms with van der Waals surface area (Å²) in [5.41, 5.74) is 3.76. The predicted octanol–water partition coefficient (Wildman–Crippen LogP) is 4.63. The van der Waals surface area contributed by atoms with Gasteiger partial charge >= 0.3 is 5.97 Å². The van der Waals surface area contributed by atoms with E-state index in [1.807, 2.05) is 24.3 Å². The fraction of sp³-hybridized carbons (Fsp3) is 0.692. The third-order valence-corrected chi connectivity index (χ3v) is 6.56. The number of esters is 1. The number of hydrogen-bond donors (Lipinski definition) is 3. The van der Waals surface area contributed by atoms with Crippen LogP contribution in [-0.4, -0.2) is 29.2 Å². The van der Waals surface area contributed by atoms with E-state index in [-0.39, 0.29) is 24.5 Å². The highest BCUT2D eigenvalue weighted by molar-refractivity contribution is 5.76. The van der Waals surface area contributed by atoms with Crippen molar-refractivity contribution in [1.82, 2.24) is 10.8 Å². The minimum absolute atomic E-state index is 0.0121. The highest BCUT2D eigenvalue weighted by Gasteiger charge is 2.35. The zero-order chi connectivity index (χ0) is 23.7. The molecule has 0 aliphatic heterocycles. The molecule has 0 heterocycles. The van der Waals surface area contributed by atoms with Crippen molar-refractivity contribution in [3.63, 3.8) is 0 Å². The molecule has 4 atom stereocenters. The summed E-state index contributed by atoms with van der Waals surface area (Å²) in [7, 11) is 0. The van der Waals surface area contributed by atoms with E-state index in [1.54, 1.807) is 5.48 Å². The molecule has 0 radical (unpaired) electrons. The van der Waals surface area contributed by atoms with E-state index in [0.29, 0.717) is 36.6 Å². The van der Waals surface area contributed by atoms with Gasteiger partial charge in [-0.15, -0.1) is 0 Å². The van der Waals surface area contributed by atoms with E-state index in [9.17, 15) is 9.59 Å². The number of hydroxylamine groups is 1. The summed E-state index contributed by atoms with van der Waals surface area (Å²) in [5, 5.41) is 12.0. The van der Waals surface area contributed by atoms with E-state index in [1.165, 1.54) is 6.42 Å². The molecule has 1 aliphatic rings. The molecule has 180 valence electrons. The van der Waals surface area contributed by atoms with Gasteiger partial charge in [-0.05, 0) is 60.5 Å². The molecular weight excluding hydrogens is 404 g/mol. The Labute approximate surface area is 193 Å². The molecule has 6 heteroatoms. The smallest absolute Gasteiger partial charge is 0.323 e. The van der Waals surface area contributed by atoms with Gasteiger partial charge in [0.05, 0.1) is 0 Å². The van der Waals surface area contributed by atoms with Gasteiger partial charge in [0.25, 0.3) is 0 Å². The second-order valence-electron chi connectivity index (χ2n) is 10.2. The van der Waals surface area contributed by atoms with E-state index in [2.05, 4.69) is 39.9 Å². The number of nitrogens with one attached hydrogen (secondary N) is 2. The first-order valence-corrected chi connectivity index (χ1v) is 12.1. The molecule has 2 rings (SSSR count). The fourth-order valence-electron chi connectivity index (χ4n) is 4.59. The quantitative estimate of drug-likeness (QED) is 0.262. The van der Waals surface area contributed by atoms with Crippen LogP contribution in [-0.2, 0) is 27.3 Å². The number of benzene rings is 1. The van der Waals surface area contributed by atoms with Crippen molar-refractivity contribution in [2.75, 3.05) is 0 Å². The molecule has 0 aromatic heterocycles. The van der Waals surface area contributed by atoms with Crippen LogP contribution in [0.3, 0.4) is 0 Å².